The van der Waals surface area contributed by atoms with Crippen molar-refractivity contribution >= 4 is 17.7 Å². The van der Waals surface area contributed by atoms with Gasteiger partial charge in [0.05, 0.1) is 18.2 Å². The molecule has 0 bridgehead atoms. The molecule has 0 saturated heterocycles. The molecule has 1 aromatic heterocycles. The number of aliphatic carboxylic acids is 1. The van der Waals surface area contributed by atoms with Crippen LogP contribution < -0.4 is 0 Å². The van der Waals surface area contributed by atoms with Crippen LogP contribution in [0, 0.1) is 0 Å². The van der Waals surface area contributed by atoms with Crippen molar-refractivity contribution in [3.63, 3.8) is 0 Å². The molecule has 0 aliphatic rings. The lowest BCUT2D eigenvalue weighted by Gasteiger charge is -2.07. The monoisotopic (exact) mass is 296 g/mol. The second-order valence-corrected chi connectivity index (χ2v) is 4.94. The first kappa shape index (κ1) is 14.3. The Bertz CT molecular complexity index is 586. The number of hydrogen-bond acceptors (Lipinski definition) is 7. The van der Waals surface area contributed by atoms with Gasteiger partial charge in [0.15, 0.2) is 0 Å². The van der Waals surface area contributed by atoms with E-state index in [1.165, 1.54) is 16.8 Å². The number of nitrogens with zero attached hydrogens (tertiary/aromatic N) is 4. The molecule has 1 unspecified atom stereocenters. The fourth-order valence-electron chi connectivity index (χ4n) is 1.46. The van der Waals surface area contributed by atoms with Crippen LogP contribution in [-0.2, 0) is 4.79 Å². The second kappa shape index (κ2) is 6.35. The molecule has 0 saturated carbocycles. The van der Waals surface area contributed by atoms with E-state index in [0.29, 0.717) is 10.8 Å². The Kier molecular flexibility index (Phi) is 4.53. The van der Waals surface area contributed by atoms with Crippen LogP contribution >= 0.6 is 11.8 Å². The maximum atomic E-state index is 10.5. The van der Waals surface area contributed by atoms with Gasteiger partial charge in [0.2, 0.25) is 5.16 Å². The highest BCUT2D eigenvalue weighted by atomic mass is 32.2. The van der Waals surface area contributed by atoms with E-state index < -0.39 is 12.1 Å². The van der Waals surface area contributed by atoms with Crippen LogP contribution in [-0.4, -0.2) is 53.4 Å². The summed E-state index contributed by atoms with van der Waals surface area (Å²) in [5, 5.41) is 38.9. The molecule has 0 spiro atoms. The minimum atomic E-state index is -1.06. The van der Waals surface area contributed by atoms with Gasteiger partial charge in [-0.1, -0.05) is 11.8 Å². The first-order valence-electron chi connectivity index (χ1n) is 5.66. The second-order valence-electron chi connectivity index (χ2n) is 3.95. The van der Waals surface area contributed by atoms with Crippen molar-refractivity contribution in [1.82, 2.24) is 20.2 Å². The molecule has 2 aromatic rings. The van der Waals surface area contributed by atoms with Crippen LogP contribution in [0.25, 0.3) is 5.69 Å². The smallest absolute Gasteiger partial charge is 0.306 e. The van der Waals surface area contributed by atoms with E-state index in [1.54, 1.807) is 12.1 Å². The number of thioether (sulfide) groups is 1. The van der Waals surface area contributed by atoms with Gasteiger partial charge in [-0.3, -0.25) is 4.79 Å². The van der Waals surface area contributed by atoms with Crippen molar-refractivity contribution < 1.29 is 20.1 Å². The number of tetrazole rings is 1. The lowest BCUT2D eigenvalue weighted by atomic mass is 10.3. The molecule has 3 N–H and O–H groups in total. The highest BCUT2D eigenvalue weighted by Crippen LogP contribution is 2.20. The number of phenolic OH excluding ortho intramolecular Hbond substituents is 1. The number of phenols is 1. The zero-order valence-corrected chi connectivity index (χ0v) is 11.1. The summed E-state index contributed by atoms with van der Waals surface area (Å²) in [5.41, 5.74) is 0.656. The quantitative estimate of drug-likeness (QED) is 0.650. The fourth-order valence-corrected chi connectivity index (χ4v) is 2.27. The number of aromatic nitrogens is 4. The SMILES string of the molecule is O=C(O)CC(O)CSc1nnnn1-c1ccc(O)cc1. The van der Waals surface area contributed by atoms with Crippen molar-refractivity contribution in [2.75, 3.05) is 5.75 Å². The van der Waals surface area contributed by atoms with Gasteiger partial charge in [-0.2, -0.15) is 4.68 Å². The van der Waals surface area contributed by atoms with Crippen LogP contribution in [0.5, 0.6) is 5.75 Å². The minimum absolute atomic E-state index is 0.132. The maximum Gasteiger partial charge on any atom is 0.306 e. The van der Waals surface area contributed by atoms with Crippen molar-refractivity contribution in [2.24, 2.45) is 0 Å². The Morgan fingerprint density at radius 1 is 1.35 bits per heavy atom. The number of carboxylic acids is 1. The predicted molar refractivity (Wildman–Crippen MR) is 69.8 cm³/mol. The minimum Gasteiger partial charge on any atom is -0.508 e. The summed E-state index contributed by atoms with van der Waals surface area (Å²) in [4.78, 5) is 10.5. The van der Waals surface area contributed by atoms with Crippen molar-refractivity contribution in [2.45, 2.75) is 17.7 Å². The normalized spacial score (nSPS) is 12.2. The Labute approximate surface area is 118 Å². The largest absolute Gasteiger partial charge is 0.508 e. The average molecular weight is 296 g/mol. The van der Waals surface area contributed by atoms with Crippen LogP contribution in [0.3, 0.4) is 0 Å². The van der Waals surface area contributed by atoms with Crippen LogP contribution in [0.4, 0.5) is 0 Å². The highest BCUT2D eigenvalue weighted by molar-refractivity contribution is 7.99. The molecule has 9 heteroatoms. The predicted octanol–water partition coefficient (Wildman–Crippen LogP) is 0.296. The molecule has 8 nitrogen and oxygen atoms in total. The third-order valence-corrected chi connectivity index (χ3v) is 3.41. The van der Waals surface area contributed by atoms with Gasteiger partial charge in [0.25, 0.3) is 0 Å². The summed E-state index contributed by atoms with van der Waals surface area (Å²) in [5.74, 6) is -0.755. The van der Waals surface area contributed by atoms with Crippen LogP contribution in [0.15, 0.2) is 29.4 Å². The zero-order valence-electron chi connectivity index (χ0n) is 10.2. The molecule has 106 valence electrons. The maximum absolute atomic E-state index is 10.5. The van der Waals surface area contributed by atoms with E-state index in [9.17, 15) is 15.0 Å². The number of aliphatic hydroxyl groups excluding tert-OH is 1. The standard InChI is InChI=1S/C11H12N4O4S/c16-8-3-1-7(2-4-8)15-11(12-13-14-15)20-6-9(17)5-10(18)19/h1-4,9,16-17H,5-6H2,(H,18,19). The van der Waals surface area contributed by atoms with E-state index in [2.05, 4.69) is 15.5 Å². The van der Waals surface area contributed by atoms with Gasteiger partial charge in [0, 0.05) is 5.75 Å². The fraction of sp³-hybridized carbons (Fsp3) is 0.273. The Morgan fingerprint density at radius 3 is 2.70 bits per heavy atom. The molecule has 0 amide bonds. The molecule has 0 aliphatic carbocycles. The molecule has 1 heterocycles. The van der Waals surface area contributed by atoms with Gasteiger partial charge in [-0.15, -0.1) is 5.10 Å². The van der Waals surface area contributed by atoms with E-state index >= 15 is 0 Å². The van der Waals surface area contributed by atoms with Crippen molar-refractivity contribution in [3.8, 4) is 11.4 Å². The lowest BCUT2D eigenvalue weighted by Crippen LogP contribution is -2.15. The van der Waals surface area contributed by atoms with Gasteiger partial charge in [-0.05, 0) is 34.7 Å². The third-order valence-electron chi connectivity index (χ3n) is 2.35. The number of carboxylic acid groups (broad SMARTS) is 1. The molecule has 1 atom stereocenters. The van der Waals surface area contributed by atoms with Crippen LogP contribution in [0.1, 0.15) is 6.42 Å². The van der Waals surface area contributed by atoms with Gasteiger partial charge < -0.3 is 15.3 Å². The van der Waals surface area contributed by atoms with E-state index in [0.717, 1.165) is 11.8 Å². The molecule has 0 aliphatic heterocycles. The lowest BCUT2D eigenvalue weighted by molar-refractivity contribution is -0.138. The Hall–Kier alpha value is -2.13. The molecule has 0 fully saturated rings. The molecule has 1 aromatic carbocycles. The summed E-state index contributed by atoms with van der Waals surface area (Å²) in [6.45, 7) is 0. The number of rotatable bonds is 6. The van der Waals surface area contributed by atoms with Gasteiger partial charge in [0.1, 0.15) is 5.75 Å². The molecule has 0 radical (unpaired) electrons. The van der Waals surface area contributed by atoms with E-state index in [-0.39, 0.29) is 17.9 Å². The number of aliphatic hydroxyl groups is 1. The number of hydrogen-bond donors (Lipinski definition) is 3. The topological polar surface area (TPSA) is 121 Å². The average Bonchev–Trinajstić information content (AvgIpc) is 2.85. The number of aromatic hydroxyl groups is 1. The first-order valence-corrected chi connectivity index (χ1v) is 6.65. The van der Waals surface area contributed by atoms with Crippen molar-refractivity contribution in [1.29, 1.82) is 0 Å². The van der Waals surface area contributed by atoms with Crippen molar-refractivity contribution in [3.05, 3.63) is 24.3 Å². The Balaban J connectivity index is 2.05. The third kappa shape index (κ3) is 3.68. The summed E-state index contributed by atoms with van der Waals surface area (Å²) in [6.07, 6.45) is -1.30. The summed E-state index contributed by atoms with van der Waals surface area (Å²) >= 11 is 1.15. The highest BCUT2D eigenvalue weighted by Gasteiger charge is 2.14. The molecular weight excluding hydrogens is 284 g/mol. The Morgan fingerprint density at radius 2 is 2.05 bits per heavy atom. The van der Waals surface area contributed by atoms with Gasteiger partial charge in [-0.25, -0.2) is 0 Å². The van der Waals surface area contributed by atoms with E-state index in [4.69, 9.17) is 5.11 Å². The molecular formula is C11H12N4O4S. The van der Waals surface area contributed by atoms with Gasteiger partial charge >= 0.3 is 5.97 Å². The summed E-state index contributed by atoms with van der Waals surface area (Å²) < 4.78 is 1.44. The number of benzene rings is 1. The molecule has 2 rings (SSSR count). The van der Waals surface area contributed by atoms with E-state index in [1.807, 2.05) is 0 Å². The number of carbonyl (C=O) groups is 1. The zero-order chi connectivity index (χ0) is 14.5. The summed E-state index contributed by atoms with van der Waals surface area (Å²) in [6, 6.07) is 6.29. The first-order chi connectivity index (χ1) is 9.56. The molecule has 20 heavy (non-hydrogen) atoms. The summed E-state index contributed by atoms with van der Waals surface area (Å²) in [7, 11) is 0. The van der Waals surface area contributed by atoms with Crippen LogP contribution in [0.2, 0.25) is 0 Å².